The highest BCUT2D eigenvalue weighted by Gasteiger charge is 2.27. The highest BCUT2D eigenvalue weighted by atomic mass is 32.2. The Bertz CT molecular complexity index is 1000. The number of carbonyl (C=O) groups excluding carboxylic acids is 1. The Hall–Kier alpha value is -3.11. The first-order chi connectivity index (χ1) is 13.3. The molecule has 2 N–H and O–H groups in total. The number of hydrogen-bond donors (Lipinski definition) is 2. The van der Waals surface area contributed by atoms with Gasteiger partial charge in [0.2, 0.25) is 10.0 Å². The lowest BCUT2D eigenvalue weighted by atomic mass is 10.1. The number of rotatable bonds is 7. The van der Waals surface area contributed by atoms with Gasteiger partial charge in [0.15, 0.2) is 5.78 Å². The molecule has 1 heterocycles. The van der Waals surface area contributed by atoms with Gasteiger partial charge in [-0.3, -0.25) is 4.79 Å². The van der Waals surface area contributed by atoms with Gasteiger partial charge in [-0.1, -0.05) is 0 Å². The van der Waals surface area contributed by atoms with E-state index in [0.29, 0.717) is 17.1 Å². The number of Topliss-reactive ketones (excluding diaryl/α,β-unsaturated/α-hetero) is 1. The van der Waals surface area contributed by atoms with Crippen LogP contribution in [0.5, 0.6) is 11.5 Å². The van der Waals surface area contributed by atoms with Crippen LogP contribution in [0.25, 0.3) is 0 Å². The second kappa shape index (κ2) is 7.87. The van der Waals surface area contributed by atoms with Crippen molar-refractivity contribution < 1.29 is 37.3 Å². The van der Waals surface area contributed by atoms with Crippen molar-refractivity contribution in [3.8, 4) is 11.5 Å². The third-order valence-electron chi connectivity index (χ3n) is 4.05. The normalized spacial score (nSPS) is 15.4. The number of carbonyl (C=O) groups is 2. The first-order valence-electron chi connectivity index (χ1n) is 8.14. The van der Waals surface area contributed by atoms with Gasteiger partial charge in [-0.2, -0.15) is 0 Å². The quantitative estimate of drug-likeness (QED) is 0.525. The lowest BCUT2D eigenvalue weighted by Gasteiger charge is -2.08. The molecule has 0 bridgehead atoms. The van der Waals surface area contributed by atoms with E-state index in [-0.39, 0.29) is 16.9 Å². The molecule has 1 atom stereocenters. The highest BCUT2D eigenvalue weighted by molar-refractivity contribution is 7.89. The summed E-state index contributed by atoms with van der Waals surface area (Å²) >= 11 is 0. The van der Waals surface area contributed by atoms with E-state index in [1.165, 1.54) is 49.6 Å². The first kappa shape index (κ1) is 19.6. The summed E-state index contributed by atoms with van der Waals surface area (Å²) in [5.41, 5.74) is 0.880. The summed E-state index contributed by atoms with van der Waals surface area (Å²) in [5, 5.41) is 8.64. The molecule has 2 aromatic rings. The van der Waals surface area contributed by atoms with Crippen LogP contribution < -0.4 is 14.2 Å². The molecule has 28 heavy (non-hydrogen) atoms. The number of nitrogens with one attached hydrogen (secondary N) is 1. The Kier molecular flexibility index (Phi) is 5.52. The van der Waals surface area contributed by atoms with E-state index in [0.717, 1.165) is 0 Å². The molecule has 0 fully saturated rings. The van der Waals surface area contributed by atoms with Crippen LogP contribution in [-0.2, 0) is 21.2 Å². The molecule has 2 aromatic carbocycles. The van der Waals surface area contributed by atoms with Crippen LogP contribution in [0.2, 0.25) is 0 Å². The van der Waals surface area contributed by atoms with Gasteiger partial charge in [-0.15, -0.1) is 0 Å². The molecule has 0 saturated carbocycles. The first-order valence-corrected chi connectivity index (χ1v) is 9.63. The number of hydrogen-bond acceptors (Lipinski definition) is 7. The summed E-state index contributed by atoms with van der Waals surface area (Å²) in [4.78, 5) is 23.0. The predicted octanol–water partition coefficient (Wildman–Crippen LogP) is 1.81. The monoisotopic (exact) mass is 407 g/mol. The van der Waals surface area contributed by atoms with Crippen molar-refractivity contribution in [2.24, 2.45) is 0 Å². The van der Waals surface area contributed by atoms with Crippen LogP contribution in [0.3, 0.4) is 0 Å². The van der Waals surface area contributed by atoms with Gasteiger partial charge in [-0.05, 0) is 42.5 Å². The molecule has 0 aromatic heterocycles. The third kappa shape index (κ3) is 4.41. The van der Waals surface area contributed by atoms with Crippen molar-refractivity contribution >= 4 is 22.0 Å². The smallest absolute Gasteiger partial charge is 0.497 e. The van der Waals surface area contributed by atoms with E-state index in [4.69, 9.17) is 14.6 Å². The molecular weight excluding hydrogens is 390 g/mol. The second-order valence-corrected chi connectivity index (χ2v) is 7.65. The predicted molar refractivity (Wildman–Crippen MR) is 96.2 cm³/mol. The minimum absolute atomic E-state index is 0.0112. The minimum Gasteiger partial charge on any atom is -0.497 e. The zero-order valence-corrected chi connectivity index (χ0v) is 15.6. The van der Waals surface area contributed by atoms with E-state index >= 15 is 0 Å². The van der Waals surface area contributed by atoms with Gasteiger partial charge in [0.1, 0.15) is 11.5 Å². The van der Waals surface area contributed by atoms with Crippen molar-refractivity contribution in [1.82, 2.24) is 4.72 Å². The molecule has 10 heteroatoms. The molecule has 1 unspecified atom stereocenters. The summed E-state index contributed by atoms with van der Waals surface area (Å²) in [5.74, 6) is 0.490. The van der Waals surface area contributed by atoms with Crippen LogP contribution >= 0.6 is 0 Å². The van der Waals surface area contributed by atoms with Crippen LogP contribution in [0.15, 0.2) is 47.4 Å². The van der Waals surface area contributed by atoms with Gasteiger partial charge < -0.3 is 19.3 Å². The summed E-state index contributed by atoms with van der Waals surface area (Å²) in [6.07, 6.45) is -2.26. The molecule has 3 rings (SSSR count). The Morgan fingerprint density at radius 1 is 1.21 bits per heavy atom. The fraction of sp³-hybridized carbons (Fsp3) is 0.222. The molecule has 0 spiro atoms. The second-order valence-electron chi connectivity index (χ2n) is 5.88. The van der Waals surface area contributed by atoms with Crippen molar-refractivity contribution in [3.63, 3.8) is 0 Å². The maximum absolute atomic E-state index is 12.4. The largest absolute Gasteiger partial charge is 0.508 e. The van der Waals surface area contributed by atoms with Crippen molar-refractivity contribution in [2.75, 3.05) is 13.7 Å². The van der Waals surface area contributed by atoms with E-state index < -0.39 is 34.8 Å². The Labute approximate surface area is 160 Å². The number of ketones is 1. The van der Waals surface area contributed by atoms with Crippen LogP contribution in [-0.4, -0.2) is 45.4 Å². The topological polar surface area (TPSA) is 128 Å². The average Bonchev–Trinajstić information content (AvgIpc) is 3.06. The highest BCUT2D eigenvalue weighted by Crippen LogP contribution is 2.30. The Morgan fingerprint density at radius 3 is 2.57 bits per heavy atom. The maximum Gasteiger partial charge on any atom is 0.508 e. The van der Waals surface area contributed by atoms with E-state index in [1.807, 2.05) is 0 Å². The van der Waals surface area contributed by atoms with Gasteiger partial charge in [0.05, 0.1) is 25.0 Å². The number of ether oxygens (including phenoxy) is 3. The summed E-state index contributed by atoms with van der Waals surface area (Å²) in [6, 6.07) is 10.3. The Balaban J connectivity index is 1.65. The minimum atomic E-state index is -3.86. The van der Waals surface area contributed by atoms with Crippen LogP contribution in [0.4, 0.5) is 4.79 Å². The van der Waals surface area contributed by atoms with Gasteiger partial charge >= 0.3 is 6.16 Å². The lowest BCUT2D eigenvalue weighted by Crippen LogP contribution is -2.29. The molecule has 1 aliphatic heterocycles. The molecule has 9 nitrogen and oxygen atoms in total. The number of methoxy groups -OCH3 is 1. The molecule has 1 aliphatic rings. The van der Waals surface area contributed by atoms with E-state index in [2.05, 4.69) is 9.46 Å². The SMILES string of the molecule is COc1ccc(S(=O)(=O)NCC(=O)c2ccc3c(c2)CC(OC(=O)O)O3)cc1. The fourth-order valence-corrected chi connectivity index (χ4v) is 3.65. The summed E-state index contributed by atoms with van der Waals surface area (Å²) < 4.78 is 41.7. The number of carboxylic acid groups (broad SMARTS) is 1. The number of fused-ring (bicyclic) bond motifs is 1. The molecule has 0 amide bonds. The number of sulfonamides is 1. The van der Waals surface area contributed by atoms with Gasteiger partial charge in [0, 0.05) is 11.1 Å². The summed E-state index contributed by atoms with van der Waals surface area (Å²) in [6.45, 7) is -0.428. The lowest BCUT2D eigenvalue weighted by molar-refractivity contribution is -0.0394. The molecule has 0 radical (unpaired) electrons. The zero-order valence-electron chi connectivity index (χ0n) is 14.7. The number of benzene rings is 2. The maximum atomic E-state index is 12.4. The van der Waals surface area contributed by atoms with E-state index in [1.54, 1.807) is 0 Å². The van der Waals surface area contributed by atoms with Crippen molar-refractivity contribution in [3.05, 3.63) is 53.6 Å². The molecular formula is C18H17NO8S. The summed E-state index contributed by atoms with van der Waals surface area (Å²) in [7, 11) is -2.39. The fourth-order valence-electron chi connectivity index (χ4n) is 2.67. The zero-order chi connectivity index (χ0) is 20.3. The van der Waals surface area contributed by atoms with Crippen LogP contribution in [0.1, 0.15) is 15.9 Å². The average molecular weight is 407 g/mol. The van der Waals surface area contributed by atoms with Crippen LogP contribution in [0, 0.1) is 0 Å². The standard InChI is InChI=1S/C18H17NO8S/c1-25-13-3-5-14(6-4-13)28(23,24)19-10-15(20)11-2-7-16-12(8-11)9-17(26-16)27-18(21)22/h2-8,17,19H,9-10H2,1H3,(H,21,22). The van der Waals surface area contributed by atoms with E-state index in [9.17, 15) is 18.0 Å². The Morgan fingerprint density at radius 2 is 1.93 bits per heavy atom. The molecule has 0 saturated heterocycles. The van der Waals surface area contributed by atoms with Gasteiger partial charge in [-0.25, -0.2) is 17.9 Å². The van der Waals surface area contributed by atoms with Crippen molar-refractivity contribution in [2.45, 2.75) is 17.6 Å². The molecule has 148 valence electrons. The third-order valence-corrected chi connectivity index (χ3v) is 5.47. The van der Waals surface area contributed by atoms with Gasteiger partial charge in [0.25, 0.3) is 6.29 Å². The van der Waals surface area contributed by atoms with Crippen molar-refractivity contribution in [1.29, 1.82) is 0 Å². The molecule has 0 aliphatic carbocycles.